The maximum Gasteiger partial charge on any atom is 0.313 e. The Hall–Kier alpha value is -3.92. The number of amides is 2. The van der Waals surface area contributed by atoms with E-state index in [-0.39, 0.29) is 18.3 Å². The van der Waals surface area contributed by atoms with Crippen molar-refractivity contribution in [1.82, 2.24) is 10.2 Å². The molecule has 1 aromatic heterocycles. The van der Waals surface area contributed by atoms with Gasteiger partial charge in [0.15, 0.2) is 0 Å². The second-order valence-electron chi connectivity index (χ2n) is 8.04. The first-order chi connectivity index (χ1) is 16.9. The second kappa shape index (κ2) is 11.0. The number of anilines is 2. The van der Waals surface area contributed by atoms with Crippen LogP contribution in [-0.2, 0) is 9.59 Å². The van der Waals surface area contributed by atoms with Crippen molar-refractivity contribution in [2.24, 2.45) is 0 Å². The Labute approximate surface area is 201 Å². The lowest BCUT2D eigenvalue weighted by Crippen LogP contribution is -2.50. The summed E-state index contributed by atoms with van der Waals surface area (Å²) in [5.41, 5.74) is 0.821. The summed E-state index contributed by atoms with van der Waals surface area (Å²) in [6, 6.07) is 13.9. The summed E-state index contributed by atoms with van der Waals surface area (Å²) in [5, 5.41) is 4.76. The number of nitrogens with one attached hydrogen (secondary N) is 2. The molecule has 0 spiro atoms. The Morgan fingerprint density at radius 3 is 2.40 bits per heavy atom. The topological polar surface area (TPSA) is 87.0 Å². The second-order valence-corrected chi connectivity index (χ2v) is 8.04. The zero-order chi connectivity index (χ0) is 24.8. The van der Waals surface area contributed by atoms with Gasteiger partial charge in [-0.2, -0.15) is 0 Å². The quantitative estimate of drug-likeness (QED) is 0.501. The maximum absolute atomic E-state index is 13.8. The molecule has 1 atom stereocenters. The number of benzene rings is 2. The Bertz CT molecular complexity index is 1150. The standard InChI is InChI=1S/C25H26F2N4O4/c1-34-19-7-5-18(6-8-19)30-10-12-31(13-11-30)22(23-3-2-14-35-23)16-28-24(32)25(33)29-21-9-4-17(26)15-20(21)27/h2-9,14-15,22H,10-13,16H2,1H3,(H,28,32)(H,29,33). The van der Waals surface area contributed by atoms with Crippen LogP contribution < -0.4 is 20.3 Å². The number of methoxy groups -OCH3 is 1. The van der Waals surface area contributed by atoms with E-state index in [2.05, 4.69) is 20.4 Å². The summed E-state index contributed by atoms with van der Waals surface area (Å²) in [6.45, 7) is 3.07. The number of hydrogen-bond acceptors (Lipinski definition) is 6. The molecule has 1 fully saturated rings. The van der Waals surface area contributed by atoms with Gasteiger partial charge in [-0.3, -0.25) is 14.5 Å². The zero-order valence-electron chi connectivity index (χ0n) is 19.2. The summed E-state index contributed by atoms with van der Waals surface area (Å²) in [4.78, 5) is 29.1. The molecule has 2 heterocycles. The van der Waals surface area contributed by atoms with Gasteiger partial charge in [-0.15, -0.1) is 0 Å². The number of carbonyl (C=O) groups is 2. The first-order valence-electron chi connectivity index (χ1n) is 11.2. The smallest absolute Gasteiger partial charge is 0.313 e. The van der Waals surface area contributed by atoms with E-state index in [1.807, 2.05) is 30.3 Å². The molecule has 4 rings (SSSR count). The highest BCUT2D eigenvalue weighted by molar-refractivity contribution is 6.39. The van der Waals surface area contributed by atoms with Crippen molar-refractivity contribution in [2.45, 2.75) is 6.04 Å². The third kappa shape index (κ3) is 5.96. The highest BCUT2D eigenvalue weighted by Crippen LogP contribution is 2.25. The number of ether oxygens (including phenoxy) is 1. The molecule has 2 aromatic carbocycles. The molecule has 2 N–H and O–H groups in total. The van der Waals surface area contributed by atoms with Crippen molar-refractivity contribution >= 4 is 23.2 Å². The molecule has 8 nitrogen and oxygen atoms in total. The van der Waals surface area contributed by atoms with Crippen LogP contribution in [0.15, 0.2) is 65.3 Å². The molecular formula is C25H26F2N4O4. The Balaban J connectivity index is 1.35. The van der Waals surface area contributed by atoms with Crippen LogP contribution in [0.2, 0.25) is 0 Å². The van der Waals surface area contributed by atoms with E-state index in [0.29, 0.717) is 24.9 Å². The van der Waals surface area contributed by atoms with Gasteiger partial charge in [0.05, 0.1) is 25.1 Å². The van der Waals surface area contributed by atoms with Crippen molar-refractivity contribution in [1.29, 1.82) is 0 Å². The number of furan rings is 1. The predicted molar refractivity (Wildman–Crippen MR) is 126 cm³/mol. The van der Waals surface area contributed by atoms with Crippen LogP contribution in [0.5, 0.6) is 5.75 Å². The van der Waals surface area contributed by atoms with Crippen molar-refractivity contribution in [2.75, 3.05) is 50.1 Å². The van der Waals surface area contributed by atoms with Gasteiger partial charge in [-0.05, 0) is 48.5 Å². The van der Waals surface area contributed by atoms with Gasteiger partial charge < -0.3 is 24.7 Å². The van der Waals surface area contributed by atoms with Crippen molar-refractivity contribution in [3.8, 4) is 5.75 Å². The maximum atomic E-state index is 13.8. The van der Waals surface area contributed by atoms with Crippen LogP contribution in [-0.4, -0.2) is 56.5 Å². The number of rotatable bonds is 7. The zero-order valence-corrected chi connectivity index (χ0v) is 19.2. The van der Waals surface area contributed by atoms with Crippen LogP contribution in [0.1, 0.15) is 11.8 Å². The van der Waals surface area contributed by atoms with Crippen molar-refractivity contribution in [3.63, 3.8) is 0 Å². The number of piperazine rings is 1. The third-order valence-electron chi connectivity index (χ3n) is 5.91. The molecule has 10 heteroatoms. The average Bonchev–Trinajstić information content (AvgIpc) is 3.41. The number of hydrogen-bond donors (Lipinski definition) is 2. The number of carbonyl (C=O) groups excluding carboxylic acids is 2. The van der Waals surface area contributed by atoms with Crippen LogP contribution >= 0.6 is 0 Å². The molecule has 0 bridgehead atoms. The van der Waals surface area contributed by atoms with Gasteiger partial charge in [-0.1, -0.05) is 0 Å². The molecule has 1 aliphatic heterocycles. The molecule has 184 valence electrons. The average molecular weight is 485 g/mol. The fourth-order valence-electron chi connectivity index (χ4n) is 4.01. The van der Waals surface area contributed by atoms with E-state index >= 15 is 0 Å². The van der Waals surface area contributed by atoms with E-state index in [1.165, 1.54) is 0 Å². The molecule has 1 unspecified atom stereocenters. The van der Waals surface area contributed by atoms with Crippen LogP contribution in [0.3, 0.4) is 0 Å². The Morgan fingerprint density at radius 2 is 1.77 bits per heavy atom. The third-order valence-corrected chi connectivity index (χ3v) is 5.91. The summed E-state index contributed by atoms with van der Waals surface area (Å²) in [5.74, 6) is -2.26. The minimum Gasteiger partial charge on any atom is -0.497 e. The molecular weight excluding hydrogens is 458 g/mol. The lowest BCUT2D eigenvalue weighted by molar-refractivity contribution is -0.136. The van der Waals surface area contributed by atoms with Crippen LogP contribution in [0, 0.1) is 11.6 Å². The predicted octanol–water partition coefficient (Wildman–Crippen LogP) is 3.18. The first-order valence-corrected chi connectivity index (χ1v) is 11.2. The number of halogens is 2. The fourth-order valence-corrected chi connectivity index (χ4v) is 4.01. The van der Waals surface area contributed by atoms with Gasteiger partial charge in [0.1, 0.15) is 23.1 Å². The molecule has 1 aliphatic rings. The highest BCUT2D eigenvalue weighted by atomic mass is 19.1. The SMILES string of the molecule is COc1ccc(N2CCN(C(CNC(=O)C(=O)Nc3ccc(F)cc3F)c3ccco3)CC2)cc1. The van der Waals surface area contributed by atoms with E-state index in [9.17, 15) is 18.4 Å². The van der Waals surface area contributed by atoms with E-state index < -0.39 is 23.4 Å². The summed E-state index contributed by atoms with van der Waals surface area (Å²) < 4.78 is 37.7. The van der Waals surface area contributed by atoms with Gasteiger partial charge in [0.25, 0.3) is 0 Å². The van der Waals surface area contributed by atoms with Gasteiger partial charge in [-0.25, -0.2) is 8.78 Å². The molecule has 0 saturated carbocycles. The monoisotopic (exact) mass is 484 g/mol. The van der Waals surface area contributed by atoms with E-state index in [1.54, 1.807) is 19.4 Å². The van der Waals surface area contributed by atoms with Crippen LogP contribution in [0.4, 0.5) is 20.2 Å². The largest absolute Gasteiger partial charge is 0.497 e. The molecule has 2 amide bonds. The van der Waals surface area contributed by atoms with Gasteiger partial charge in [0, 0.05) is 44.5 Å². The minimum atomic E-state index is -1.04. The first kappa shape index (κ1) is 24.2. The van der Waals surface area contributed by atoms with Crippen LogP contribution in [0.25, 0.3) is 0 Å². The Morgan fingerprint density at radius 1 is 1.03 bits per heavy atom. The normalized spacial score (nSPS) is 14.9. The highest BCUT2D eigenvalue weighted by Gasteiger charge is 2.28. The van der Waals surface area contributed by atoms with Gasteiger partial charge in [0.2, 0.25) is 0 Å². The lowest BCUT2D eigenvalue weighted by atomic mass is 10.1. The molecule has 0 aliphatic carbocycles. The lowest BCUT2D eigenvalue weighted by Gasteiger charge is -2.39. The minimum absolute atomic E-state index is 0.119. The molecule has 1 saturated heterocycles. The molecule has 3 aromatic rings. The fraction of sp³-hybridized carbons (Fsp3) is 0.280. The van der Waals surface area contributed by atoms with Gasteiger partial charge >= 0.3 is 11.8 Å². The summed E-state index contributed by atoms with van der Waals surface area (Å²) in [7, 11) is 1.63. The Kier molecular flexibility index (Phi) is 7.61. The number of nitrogens with zero attached hydrogens (tertiary/aromatic N) is 2. The van der Waals surface area contributed by atoms with Crippen molar-refractivity contribution in [3.05, 3.63) is 78.3 Å². The van der Waals surface area contributed by atoms with Crippen molar-refractivity contribution < 1.29 is 27.5 Å². The molecule has 0 radical (unpaired) electrons. The molecule has 35 heavy (non-hydrogen) atoms. The summed E-state index contributed by atoms with van der Waals surface area (Å²) >= 11 is 0. The van der Waals surface area contributed by atoms with E-state index in [0.717, 1.165) is 36.7 Å². The summed E-state index contributed by atoms with van der Waals surface area (Å²) in [6.07, 6.45) is 1.56. The van der Waals surface area contributed by atoms with E-state index in [4.69, 9.17) is 9.15 Å².